The SMILES string of the molecule is CCc1ccccc1N(CC(=O)N/N=C/c1sccc1C)S(=O)(=O)c1ccccc1. The number of thiophene rings is 1. The lowest BCUT2D eigenvalue weighted by Gasteiger charge is -2.25. The lowest BCUT2D eigenvalue weighted by molar-refractivity contribution is -0.119. The van der Waals surface area contributed by atoms with E-state index in [9.17, 15) is 13.2 Å². The Morgan fingerprint density at radius 1 is 1.10 bits per heavy atom. The first-order chi connectivity index (χ1) is 14.4. The molecule has 0 aliphatic carbocycles. The number of carbonyl (C=O) groups excluding carboxylic acids is 1. The van der Waals surface area contributed by atoms with Gasteiger partial charge in [0.2, 0.25) is 0 Å². The highest BCUT2D eigenvalue weighted by Crippen LogP contribution is 2.27. The van der Waals surface area contributed by atoms with Gasteiger partial charge in [0.15, 0.2) is 0 Å². The molecular formula is C22H23N3O3S2. The van der Waals surface area contributed by atoms with Crippen molar-refractivity contribution in [2.24, 2.45) is 5.10 Å². The third-order valence-corrected chi connectivity index (χ3v) is 7.26. The van der Waals surface area contributed by atoms with Crippen LogP contribution in [0.25, 0.3) is 0 Å². The highest BCUT2D eigenvalue weighted by molar-refractivity contribution is 7.92. The van der Waals surface area contributed by atoms with E-state index in [-0.39, 0.29) is 11.4 Å². The van der Waals surface area contributed by atoms with Gasteiger partial charge < -0.3 is 0 Å². The van der Waals surface area contributed by atoms with Gasteiger partial charge in [0.25, 0.3) is 15.9 Å². The number of hydrogen-bond donors (Lipinski definition) is 1. The van der Waals surface area contributed by atoms with Crippen molar-refractivity contribution < 1.29 is 13.2 Å². The van der Waals surface area contributed by atoms with E-state index >= 15 is 0 Å². The van der Waals surface area contributed by atoms with Crippen LogP contribution in [0.2, 0.25) is 0 Å². The maximum atomic E-state index is 13.4. The normalized spacial score (nSPS) is 11.5. The molecule has 0 aliphatic heterocycles. The predicted octanol–water partition coefficient (Wildman–Crippen LogP) is 3.96. The molecule has 0 fully saturated rings. The molecule has 0 bridgehead atoms. The molecule has 0 radical (unpaired) electrons. The van der Waals surface area contributed by atoms with E-state index in [4.69, 9.17) is 0 Å². The number of nitrogens with one attached hydrogen (secondary N) is 1. The van der Waals surface area contributed by atoms with E-state index in [0.29, 0.717) is 12.1 Å². The first-order valence-electron chi connectivity index (χ1n) is 9.45. The van der Waals surface area contributed by atoms with E-state index in [1.165, 1.54) is 23.5 Å². The van der Waals surface area contributed by atoms with Crippen LogP contribution < -0.4 is 9.73 Å². The molecule has 0 spiro atoms. The summed E-state index contributed by atoms with van der Waals surface area (Å²) in [6, 6.07) is 17.2. The van der Waals surface area contributed by atoms with Crippen molar-refractivity contribution in [1.29, 1.82) is 0 Å². The summed E-state index contributed by atoms with van der Waals surface area (Å²) in [6.45, 7) is 3.52. The third kappa shape index (κ3) is 4.95. The molecule has 0 aliphatic rings. The van der Waals surface area contributed by atoms with Gasteiger partial charge in [-0.15, -0.1) is 11.3 Å². The standard InChI is InChI=1S/C22H23N3O3S2/c1-3-18-9-7-8-12-20(18)25(30(27,28)19-10-5-4-6-11-19)16-22(26)24-23-15-21-17(2)13-14-29-21/h4-15H,3,16H2,1-2H3,(H,24,26)/b23-15+. The number of amides is 1. The zero-order chi connectivity index (χ0) is 21.6. The second-order valence-electron chi connectivity index (χ2n) is 6.57. The average Bonchev–Trinajstić information content (AvgIpc) is 3.17. The van der Waals surface area contributed by atoms with E-state index in [0.717, 1.165) is 20.3 Å². The summed E-state index contributed by atoms with van der Waals surface area (Å²) in [4.78, 5) is 13.6. The summed E-state index contributed by atoms with van der Waals surface area (Å²) in [5.74, 6) is -0.522. The molecule has 1 aromatic heterocycles. The highest BCUT2D eigenvalue weighted by Gasteiger charge is 2.28. The van der Waals surface area contributed by atoms with Gasteiger partial charge in [0.05, 0.1) is 16.8 Å². The van der Waals surface area contributed by atoms with E-state index < -0.39 is 15.9 Å². The van der Waals surface area contributed by atoms with E-state index in [1.807, 2.05) is 37.4 Å². The van der Waals surface area contributed by atoms with Gasteiger partial charge in [-0.25, -0.2) is 13.8 Å². The molecule has 30 heavy (non-hydrogen) atoms. The largest absolute Gasteiger partial charge is 0.271 e. The fourth-order valence-corrected chi connectivity index (χ4v) is 5.18. The number of benzene rings is 2. The van der Waals surface area contributed by atoms with Crippen LogP contribution >= 0.6 is 11.3 Å². The highest BCUT2D eigenvalue weighted by atomic mass is 32.2. The van der Waals surface area contributed by atoms with Crippen LogP contribution in [0.3, 0.4) is 0 Å². The Hall–Kier alpha value is -2.97. The van der Waals surface area contributed by atoms with E-state index in [2.05, 4.69) is 10.5 Å². The fourth-order valence-electron chi connectivity index (χ4n) is 2.92. The van der Waals surface area contributed by atoms with Crippen LogP contribution in [0.5, 0.6) is 0 Å². The number of hydrogen-bond acceptors (Lipinski definition) is 5. The quantitative estimate of drug-likeness (QED) is 0.424. The van der Waals surface area contributed by atoms with Crippen LogP contribution in [0, 0.1) is 6.92 Å². The van der Waals surface area contributed by atoms with Crippen molar-refractivity contribution in [3.05, 3.63) is 82.0 Å². The second-order valence-corrected chi connectivity index (χ2v) is 9.38. The summed E-state index contributed by atoms with van der Waals surface area (Å²) >= 11 is 1.51. The molecule has 0 saturated carbocycles. The fraction of sp³-hybridized carbons (Fsp3) is 0.182. The van der Waals surface area contributed by atoms with Crippen LogP contribution in [0.1, 0.15) is 22.9 Å². The zero-order valence-corrected chi connectivity index (χ0v) is 18.4. The number of aryl methyl sites for hydroxylation is 2. The molecule has 1 heterocycles. The Labute approximate surface area is 180 Å². The van der Waals surface area contributed by atoms with Crippen LogP contribution in [0.4, 0.5) is 5.69 Å². The second kappa shape index (κ2) is 9.69. The van der Waals surface area contributed by atoms with Gasteiger partial charge in [0.1, 0.15) is 6.54 Å². The molecule has 3 aromatic rings. The first kappa shape index (κ1) is 21.7. The van der Waals surface area contributed by atoms with E-state index in [1.54, 1.807) is 36.5 Å². The molecule has 0 saturated heterocycles. The molecule has 1 N–H and O–H groups in total. The molecule has 156 valence electrons. The number of para-hydroxylation sites is 1. The lowest BCUT2D eigenvalue weighted by Crippen LogP contribution is -2.40. The maximum absolute atomic E-state index is 13.4. The number of rotatable bonds is 8. The zero-order valence-electron chi connectivity index (χ0n) is 16.8. The number of sulfonamides is 1. The molecular weight excluding hydrogens is 418 g/mol. The molecule has 0 unspecified atom stereocenters. The van der Waals surface area contributed by atoms with Gasteiger partial charge in [-0.3, -0.25) is 9.10 Å². The summed E-state index contributed by atoms with van der Waals surface area (Å²) < 4.78 is 27.8. The number of nitrogens with zero attached hydrogens (tertiary/aromatic N) is 2. The molecule has 8 heteroatoms. The van der Waals surface area contributed by atoms with Crippen molar-refractivity contribution in [1.82, 2.24) is 5.43 Å². The van der Waals surface area contributed by atoms with Crippen LogP contribution in [-0.2, 0) is 21.2 Å². The molecule has 3 rings (SSSR count). The minimum atomic E-state index is -3.93. The third-order valence-electron chi connectivity index (χ3n) is 4.53. The Morgan fingerprint density at radius 3 is 2.47 bits per heavy atom. The van der Waals surface area contributed by atoms with Crippen molar-refractivity contribution in [3.63, 3.8) is 0 Å². The Morgan fingerprint density at radius 2 is 1.80 bits per heavy atom. The van der Waals surface area contributed by atoms with Crippen molar-refractivity contribution >= 4 is 39.2 Å². The summed E-state index contributed by atoms with van der Waals surface area (Å²) in [6.07, 6.45) is 2.20. The smallest absolute Gasteiger partial charge is 0.264 e. The summed E-state index contributed by atoms with van der Waals surface area (Å²) in [7, 11) is -3.93. The topological polar surface area (TPSA) is 78.8 Å². The minimum absolute atomic E-state index is 0.126. The number of hydrazone groups is 1. The van der Waals surface area contributed by atoms with Crippen molar-refractivity contribution in [2.75, 3.05) is 10.8 Å². The summed E-state index contributed by atoms with van der Waals surface area (Å²) in [5, 5.41) is 5.92. The number of carbonyl (C=O) groups is 1. The van der Waals surface area contributed by atoms with Gasteiger partial charge >= 0.3 is 0 Å². The lowest BCUT2D eigenvalue weighted by atomic mass is 10.1. The Bertz CT molecular complexity index is 1140. The first-order valence-corrected chi connectivity index (χ1v) is 11.8. The predicted molar refractivity (Wildman–Crippen MR) is 122 cm³/mol. The molecule has 2 aromatic carbocycles. The van der Waals surface area contributed by atoms with Gasteiger partial charge in [-0.1, -0.05) is 43.3 Å². The summed E-state index contributed by atoms with van der Waals surface area (Å²) in [5.41, 5.74) is 4.82. The number of anilines is 1. The minimum Gasteiger partial charge on any atom is -0.271 e. The Kier molecular flexibility index (Phi) is 7.02. The van der Waals surface area contributed by atoms with Gasteiger partial charge in [0, 0.05) is 4.88 Å². The van der Waals surface area contributed by atoms with Crippen molar-refractivity contribution in [2.45, 2.75) is 25.2 Å². The van der Waals surface area contributed by atoms with Crippen LogP contribution in [-0.4, -0.2) is 27.1 Å². The molecule has 1 amide bonds. The van der Waals surface area contributed by atoms with Crippen molar-refractivity contribution in [3.8, 4) is 0 Å². The monoisotopic (exact) mass is 441 g/mol. The Balaban J connectivity index is 1.89. The van der Waals surface area contributed by atoms with Gasteiger partial charge in [-0.2, -0.15) is 5.10 Å². The average molecular weight is 442 g/mol. The van der Waals surface area contributed by atoms with Crippen LogP contribution in [0.15, 0.2) is 76.0 Å². The van der Waals surface area contributed by atoms with Gasteiger partial charge in [-0.05, 0) is 54.1 Å². The molecule has 0 atom stereocenters. The maximum Gasteiger partial charge on any atom is 0.264 e. The molecule has 6 nitrogen and oxygen atoms in total.